The zero-order valence-corrected chi connectivity index (χ0v) is 9.28. The quantitative estimate of drug-likeness (QED) is 0.375. The van der Waals surface area contributed by atoms with Crippen LogP contribution in [-0.2, 0) is 38.6 Å². The Labute approximate surface area is 85.8 Å². The minimum atomic E-state index is -5.17. The third kappa shape index (κ3) is 238. The van der Waals surface area contributed by atoms with Gasteiger partial charge in [0, 0.05) is 10.4 Å². The van der Waals surface area contributed by atoms with E-state index in [1.807, 2.05) is 0 Å². The van der Waals surface area contributed by atoms with Crippen LogP contribution in [0.2, 0.25) is 0 Å². The Bertz CT molecular complexity index is 132. The summed E-state index contributed by atoms with van der Waals surface area (Å²) in [6.07, 6.45) is 0. The molecule has 0 aromatic rings. The van der Waals surface area contributed by atoms with Crippen molar-refractivity contribution in [3.8, 4) is 0 Å². The predicted molar refractivity (Wildman–Crippen MR) is 28.0 cm³/mol. The molecule has 10 heteroatoms. The average Bonchev–Trinajstić information content (AvgIpc) is 1.19. The van der Waals surface area contributed by atoms with Crippen LogP contribution in [0.3, 0.4) is 0 Å². The van der Waals surface area contributed by atoms with Crippen molar-refractivity contribution in [2.45, 2.75) is 0 Å². The van der Waals surface area contributed by atoms with E-state index in [0.29, 0.717) is 0 Å². The normalized spacial score (nSPS) is 10.3. The molecule has 0 bridgehead atoms. The third-order valence-corrected chi connectivity index (χ3v) is 0. The van der Waals surface area contributed by atoms with Crippen molar-refractivity contribution in [1.82, 2.24) is 0 Å². The Hall–Kier alpha value is 1.78. The summed E-state index contributed by atoms with van der Waals surface area (Å²) < 4.78 is 34.1. The van der Waals surface area contributed by atoms with Crippen LogP contribution < -0.4 is 0 Å². The van der Waals surface area contributed by atoms with Gasteiger partial charge in [-0.05, 0) is 0 Å². The topological polar surface area (TPSA) is 80.3 Å². The van der Waals surface area contributed by atoms with Crippen molar-refractivity contribution < 1.29 is 45.8 Å². The minimum Gasteiger partial charge on any atom is 2.00 e. The van der Waals surface area contributed by atoms with E-state index in [4.69, 9.17) is 47.8 Å². The van der Waals surface area contributed by atoms with Crippen LogP contribution >= 0.6 is 30.3 Å². The number of halogens is 3. The van der Waals surface area contributed by atoms with E-state index in [1.54, 1.807) is 0 Å². The van der Waals surface area contributed by atoms with E-state index >= 15 is 0 Å². The molecule has 0 spiro atoms. The second kappa shape index (κ2) is 8.87. The first-order chi connectivity index (χ1) is 3.73. The molecule has 0 N–H and O–H groups in total. The molecule has 0 saturated carbocycles. The summed E-state index contributed by atoms with van der Waals surface area (Å²) in [6.45, 7) is 0. The summed E-state index contributed by atoms with van der Waals surface area (Å²) in [5.74, 6) is 0. The van der Waals surface area contributed by atoms with Crippen molar-refractivity contribution in [1.29, 1.82) is 0 Å². The Kier molecular flexibility index (Phi) is 15.8. The molecule has 0 aliphatic rings. The molecule has 0 fully saturated rings. The summed E-state index contributed by atoms with van der Waals surface area (Å²) in [5.41, 5.74) is 0. The van der Waals surface area contributed by atoms with Crippen molar-refractivity contribution >= 4 is 40.7 Å². The number of rotatable bonds is 0. The zero-order chi connectivity index (χ0) is 8.08. The van der Waals surface area contributed by atoms with Crippen molar-refractivity contribution in [3.05, 3.63) is 0 Å². The maximum Gasteiger partial charge on any atom is 2.00 e. The van der Waals surface area contributed by atoms with Gasteiger partial charge in [0.2, 0.25) is 0 Å². The largest absolute Gasteiger partial charge is 2.00 e. The van der Waals surface area contributed by atoms with Crippen molar-refractivity contribution in [2.24, 2.45) is 0 Å². The molecule has 0 aromatic carbocycles. The van der Waals surface area contributed by atoms with Gasteiger partial charge in [-0.2, -0.15) is 0 Å². The molecule has 0 unspecified atom stereocenters. The van der Waals surface area contributed by atoms with Crippen molar-refractivity contribution in [2.75, 3.05) is 0 Å². The molecule has 4 nitrogen and oxygen atoms in total. The van der Waals surface area contributed by atoms with Gasteiger partial charge in [0.05, 0.1) is 0 Å². The molecule has 0 aromatic heterocycles. The van der Waals surface area contributed by atoms with Gasteiger partial charge >= 0.3 is 58.5 Å². The molecule has 0 aliphatic heterocycles. The van der Waals surface area contributed by atoms with E-state index in [0.717, 1.165) is 0 Å². The standard InChI is InChI=1S/3ClH.Fe.Mn.H2O4S/c;;;;;1-5(2,3)4/h3*1H;;;(H2,1,2,3,4)/q;;;+3;+2;/p-5. The monoisotopic (exact) mass is 312 g/mol. The molecule has 0 saturated heterocycles. The Morgan fingerprint density at radius 2 is 1.10 bits per heavy atom. The van der Waals surface area contributed by atoms with Crippen LogP contribution in [0.1, 0.15) is 0 Å². The van der Waals surface area contributed by atoms with Gasteiger partial charge < -0.3 is 9.11 Å². The summed E-state index contributed by atoms with van der Waals surface area (Å²) in [5, 5.41) is 0. The SMILES string of the molecule is O=S(=O)([O-])[O-].[Cl][Fe]([Cl])[Cl].[Mn+2]. The average molecular weight is 313 g/mol. The molecular formula is Cl3FeMnO4S. The van der Waals surface area contributed by atoms with Crippen LogP contribution in [0, 0.1) is 0 Å². The van der Waals surface area contributed by atoms with Crippen LogP contribution in [0.4, 0.5) is 0 Å². The smallest absolute Gasteiger partial charge is 2.00 e. The predicted octanol–water partition coefficient (Wildman–Crippen LogP) is 0.726. The second-order valence-electron chi connectivity index (χ2n) is 0.560. The molecule has 0 aliphatic carbocycles. The maximum absolute atomic E-state index is 8.52. The summed E-state index contributed by atoms with van der Waals surface area (Å²) in [4.78, 5) is 0. The van der Waals surface area contributed by atoms with E-state index in [9.17, 15) is 0 Å². The minimum absolute atomic E-state index is 0. The first kappa shape index (κ1) is 17.8. The molecule has 10 heavy (non-hydrogen) atoms. The number of hydrogen-bond donors (Lipinski definition) is 0. The first-order valence-corrected chi connectivity index (χ1v) is 6.96. The molecule has 0 atom stereocenters. The molecule has 1 radical (unpaired) electrons. The first-order valence-electron chi connectivity index (χ1n) is 1.07. The van der Waals surface area contributed by atoms with Gasteiger partial charge in [0.1, 0.15) is 0 Å². The van der Waals surface area contributed by atoms with Crippen LogP contribution in [0.5, 0.6) is 0 Å². The van der Waals surface area contributed by atoms with E-state index in [1.165, 1.54) is 0 Å². The molecule has 0 amide bonds. The van der Waals surface area contributed by atoms with E-state index in [2.05, 4.69) is 0 Å². The fraction of sp³-hybridized carbons (Fsp3) is 0. The van der Waals surface area contributed by atoms with E-state index in [-0.39, 0.29) is 17.1 Å². The third-order valence-electron chi connectivity index (χ3n) is 0. The number of hydrogen-bond acceptors (Lipinski definition) is 4. The summed E-state index contributed by atoms with van der Waals surface area (Å²) in [7, 11) is 9.50. The zero-order valence-electron chi connectivity index (χ0n) is 3.91. The fourth-order valence-electron chi connectivity index (χ4n) is 0. The summed E-state index contributed by atoms with van der Waals surface area (Å²) >= 11 is -1.33. The van der Waals surface area contributed by atoms with Gasteiger partial charge in [0.15, 0.2) is 0 Å². The van der Waals surface area contributed by atoms with Gasteiger partial charge in [-0.15, -0.1) is 0 Å². The molecule has 66 valence electrons. The molecule has 0 rings (SSSR count). The van der Waals surface area contributed by atoms with Crippen LogP contribution in [0.25, 0.3) is 0 Å². The Balaban J connectivity index is -0.0000000910. The van der Waals surface area contributed by atoms with Gasteiger partial charge in [0.25, 0.3) is 0 Å². The Morgan fingerprint density at radius 3 is 1.10 bits per heavy atom. The van der Waals surface area contributed by atoms with Crippen LogP contribution in [-0.4, -0.2) is 17.5 Å². The maximum atomic E-state index is 8.52. The van der Waals surface area contributed by atoms with Gasteiger partial charge in [-0.25, -0.2) is 0 Å². The Morgan fingerprint density at radius 1 is 1.10 bits per heavy atom. The summed E-state index contributed by atoms with van der Waals surface area (Å²) in [6, 6.07) is 0. The molecular weight excluding hydrogens is 313 g/mol. The van der Waals surface area contributed by atoms with E-state index < -0.39 is 21.6 Å². The fourth-order valence-corrected chi connectivity index (χ4v) is 0. The molecule has 0 heterocycles. The van der Waals surface area contributed by atoms with Gasteiger partial charge in [-0.1, -0.05) is 0 Å². The van der Waals surface area contributed by atoms with Gasteiger partial charge in [-0.3, -0.25) is 8.42 Å². The second-order valence-corrected chi connectivity index (χ2v) is 6.85. The van der Waals surface area contributed by atoms with Crippen LogP contribution in [0.15, 0.2) is 0 Å². The van der Waals surface area contributed by atoms with Crippen molar-refractivity contribution in [3.63, 3.8) is 0 Å².